The van der Waals surface area contributed by atoms with E-state index in [0.717, 1.165) is 12.1 Å². The Hall–Kier alpha value is -3.29. The number of rotatable bonds is 1. The van der Waals surface area contributed by atoms with Gasteiger partial charge < -0.3 is 14.5 Å². The van der Waals surface area contributed by atoms with Gasteiger partial charge >= 0.3 is 18.3 Å². The minimum Gasteiger partial charge on any atom is -0.453 e. The molecule has 3 atom stereocenters. The number of imide groups is 1. The number of fused-ring (bicyclic) bond motifs is 5. The van der Waals surface area contributed by atoms with Crippen LogP contribution in [0.5, 0.6) is 0 Å². The van der Waals surface area contributed by atoms with Crippen molar-refractivity contribution in [2.75, 3.05) is 18.6 Å². The van der Waals surface area contributed by atoms with E-state index >= 15 is 0 Å². The van der Waals surface area contributed by atoms with Crippen LogP contribution >= 0.6 is 0 Å². The number of hydrogen-bond acceptors (Lipinski definition) is 5. The number of carbonyl (C=O) groups excluding carboxylic acids is 3. The van der Waals surface area contributed by atoms with E-state index in [0.29, 0.717) is 17.4 Å². The lowest BCUT2D eigenvalue weighted by molar-refractivity contribution is -0.137. The molecule has 4 amide bonds. The number of alkyl halides is 3. The van der Waals surface area contributed by atoms with Gasteiger partial charge in [0, 0.05) is 6.54 Å². The number of nitriles is 1. The average Bonchev–Trinajstić information content (AvgIpc) is 3.31. The summed E-state index contributed by atoms with van der Waals surface area (Å²) in [6.45, 7) is 0.196. The molecule has 3 heterocycles. The van der Waals surface area contributed by atoms with Gasteiger partial charge in [0.1, 0.15) is 6.04 Å². The van der Waals surface area contributed by atoms with Crippen LogP contribution in [-0.4, -0.2) is 59.6 Å². The van der Waals surface area contributed by atoms with Crippen molar-refractivity contribution in [1.29, 1.82) is 5.26 Å². The Balaban J connectivity index is 1.71. The average molecular weight is 394 g/mol. The summed E-state index contributed by atoms with van der Waals surface area (Å²) < 4.78 is 44.4. The first-order valence-corrected chi connectivity index (χ1v) is 8.31. The molecule has 11 heteroatoms. The Bertz CT molecular complexity index is 941. The minimum absolute atomic E-state index is 0.196. The van der Waals surface area contributed by atoms with Crippen LogP contribution in [0.4, 0.5) is 28.4 Å². The molecule has 0 unspecified atom stereocenters. The largest absolute Gasteiger partial charge is 0.453 e. The topological polar surface area (TPSA) is 94.0 Å². The molecule has 0 radical (unpaired) electrons. The number of halogens is 3. The standard InChI is InChI=1S/C17H13F3N4O4/c1-28-16(27)22-7-10-5-12(22)13-14(25)24(15(26)23(10)13)9-3-2-8(6-21)11(4-9)17(18,19)20/h2-4,10,12-13H,5,7H2,1H3/t10-,12-,13+/m0/s1. The number of anilines is 1. The van der Waals surface area contributed by atoms with E-state index in [4.69, 9.17) is 10.00 Å². The highest BCUT2D eigenvalue weighted by Gasteiger charge is 2.63. The zero-order chi connectivity index (χ0) is 20.4. The Morgan fingerprint density at radius 3 is 2.64 bits per heavy atom. The summed E-state index contributed by atoms with van der Waals surface area (Å²) in [4.78, 5) is 40.9. The van der Waals surface area contributed by atoms with E-state index in [1.54, 1.807) is 0 Å². The van der Waals surface area contributed by atoms with E-state index in [2.05, 4.69) is 0 Å². The van der Waals surface area contributed by atoms with Crippen molar-refractivity contribution in [3.05, 3.63) is 29.3 Å². The van der Waals surface area contributed by atoms with Crippen LogP contribution in [0.15, 0.2) is 18.2 Å². The highest BCUT2D eigenvalue weighted by molar-refractivity contribution is 6.22. The molecular weight excluding hydrogens is 381 g/mol. The SMILES string of the molecule is COC(=O)N1C[C@@H]2C[C@H]1[C@@H]1C(=O)N(c3ccc(C#N)c(C(F)(F)F)c3)C(=O)N21. The van der Waals surface area contributed by atoms with Gasteiger partial charge in [0.2, 0.25) is 0 Å². The number of carbonyl (C=O) groups is 3. The van der Waals surface area contributed by atoms with E-state index < -0.39 is 53.5 Å². The van der Waals surface area contributed by atoms with Gasteiger partial charge in [-0.15, -0.1) is 0 Å². The quantitative estimate of drug-likeness (QED) is 0.679. The van der Waals surface area contributed by atoms with Crippen molar-refractivity contribution in [2.45, 2.75) is 30.7 Å². The molecule has 146 valence electrons. The molecule has 0 N–H and O–H groups in total. The zero-order valence-electron chi connectivity index (χ0n) is 14.4. The maximum Gasteiger partial charge on any atom is 0.417 e. The smallest absolute Gasteiger partial charge is 0.417 e. The van der Waals surface area contributed by atoms with Crippen molar-refractivity contribution in [1.82, 2.24) is 9.80 Å². The number of urea groups is 1. The van der Waals surface area contributed by atoms with Crippen LogP contribution in [0.2, 0.25) is 0 Å². The van der Waals surface area contributed by atoms with Gasteiger partial charge in [-0.05, 0) is 24.6 Å². The van der Waals surface area contributed by atoms with Crippen molar-refractivity contribution in [2.24, 2.45) is 0 Å². The summed E-state index contributed by atoms with van der Waals surface area (Å²) in [5, 5.41) is 8.90. The lowest BCUT2D eigenvalue weighted by atomic mass is 10.1. The van der Waals surface area contributed by atoms with Crippen LogP contribution in [0.25, 0.3) is 0 Å². The molecule has 28 heavy (non-hydrogen) atoms. The summed E-state index contributed by atoms with van der Waals surface area (Å²) in [6.07, 6.45) is -5.03. The molecule has 0 aromatic heterocycles. The summed E-state index contributed by atoms with van der Waals surface area (Å²) >= 11 is 0. The van der Waals surface area contributed by atoms with E-state index in [1.807, 2.05) is 0 Å². The number of benzene rings is 1. The lowest BCUT2D eigenvalue weighted by Gasteiger charge is -2.33. The van der Waals surface area contributed by atoms with Gasteiger partial charge in [-0.25, -0.2) is 14.5 Å². The number of methoxy groups -OCH3 is 1. The highest BCUT2D eigenvalue weighted by atomic mass is 19.4. The molecule has 3 fully saturated rings. The second-order valence-electron chi connectivity index (χ2n) is 6.73. The van der Waals surface area contributed by atoms with Gasteiger partial charge in [-0.2, -0.15) is 18.4 Å². The van der Waals surface area contributed by atoms with Gasteiger partial charge in [0.15, 0.2) is 0 Å². The molecule has 0 aliphatic carbocycles. The normalized spacial score (nSPS) is 26.0. The Labute approximate surface area is 156 Å². The Morgan fingerprint density at radius 2 is 2.04 bits per heavy atom. The molecule has 4 rings (SSSR count). The van der Waals surface area contributed by atoms with Crippen LogP contribution in [0.1, 0.15) is 17.5 Å². The number of hydrogen-bond donors (Lipinski definition) is 0. The van der Waals surface area contributed by atoms with Crippen molar-refractivity contribution in [3.63, 3.8) is 0 Å². The fourth-order valence-electron chi connectivity index (χ4n) is 4.23. The number of ether oxygens (including phenoxy) is 1. The van der Waals surface area contributed by atoms with Crippen molar-refractivity contribution < 1.29 is 32.3 Å². The molecule has 3 saturated heterocycles. The molecule has 1 aromatic rings. The number of likely N-dealkylation sites (tertiary alicyclic amines) is 1. The summed E-state index contributed by atoms with van der Waals surface area (Å²) in [7, 11) is 1.20. The molecule has 1 aromatic carbocycles. The second-order valence-corrected chi connectivity index (χ2v) is 6.73. The monoisotopic (exact) mass is 394 g/mol. The second kappa shape index (κ2) is 5.85. The predicted molar refractivity (Wildman–Crippen MR) is 86.0 cm³/mol. The van der Waals surface area contributed by atoms with Gasteiger partial charge in [-0.1, -0.05) is 0 Å². The Morgan fingerprint density at radius 1 is 1.32 bits per heavy atom. The van der Waals surface area contributed by atoms with Crippen LogP contribution in [-0.2, 0) is 15.7 Å². The summed E-state index contributed by atoms with van der Waals surface area (Å²) in [5.74, 6) is -0.705. The fraction of sp³-hybridized carbons (Fsp3) is 0.412. The molecule has 2 bridgehead atoms. The third-order valence-corrected chi connectivity index (χ3v) is 5.36. The third kappa shape index (κ3) is 2.33. The summed E-state index contributed by atoms with van der Waals surface area (Å²) in [6, 6.07) is 1.45. The van der Waals surface area contributed by atoms with Gasteiger partial charge in [0.05, 0.1) is 42.1 Å². The van der Waals surface area contributed by atoms with Crippen molar-refractivity contribution >= 4 is 23.7 Å². The maximum atomic E-state index is 13.2. The van der Waals surface area contributed by atoms with E-state index in [-0.39, 0.29) is 12.2 Å². The lowest BCUT2D eigenvalue weighted by Crippen LogP contribution is -2.54. The molecule has 8 nitrogen and oxygen atoms in total. The zero-order valence-corrected chi connectivity index (χ0v) is 14.4. The molecule has 3 aliphatic rings. The first-order chi connectivity index (χ1) is 13.2. The van der Waals surface area contributed by atoms with Gasteiger partial charge in [0.25, 0.3) is 5.91 Å². The summed E-state index contributed by atoms with van der Waals surface area (Å²) in [5.41, 5.74) is -2.09. The van der Waals surface area contributed by atoms with Crippen LogP contribution in [0.3, 0.4) is 0 Å². The minimum atomic E-state index is -4.82. The van der Waals surface area contributed by atoms with E-state index in [9.17, 15) is 27.6 Å². The maximum absolute atomic E-state index is 13.2. The van der Waals surface area contributed by atoms with Gasteiger partial charge in [-0.3, -0.25) is 4.79 Å². The number of piperazine rings is 1. The van der Waals surface area contributed by atoms with Crippen LogP contribution in [0, 0.1) is 11.3 Å². The molecule has 3 aliphatic heterocycles. The number of nitrogens with zero attached hydrogens (tertiary/aromatic N) is 4. The fourth-order valence-corrected chi connectivity index (χ4v) is 4.23. The predicted octanol–water partition coefficient (Wildman–Crippen LogP) is 1.94. The molecule has 0 saturated carbocycles. The van der Waals surface area contributed by atoms with Crippen molar-refractivity contribution in [3.8, 4) is 6.07 Å². The first kappa shape index (κ1) is 18.1. The van der Waals surface area contributed by atoms with Crippen LogP contribution < -0.4 is 4.90 Å². The number of amides is 4. The first-order valence-electron chi connectivity index (χ1n) is 8.31. The molecule has 0 spiro atoms. The Kier molecular flexibility index (Phi) is 3.78. The third-order valence-electron chi connectivity index (χ3n) is 5.36. The molecular formula is C17H13F3N4O4. The highest BCUT2D eigenvalue weighted by Crippen LogP contribution is 2.43. The van der Waals surface area contributed by atoms with E-state index in [1.165, 1.54) is 23.0 Å².